The SMILES string of the molecule is NNc1cc(N)nc(Nc2ccccc2)n1. The van der Waals surface area contributed by atoms with Gasteiger partial charge in [0.2, 0.25) is 5.95 Å². The van der Waals surface area contributed by atoms with Crippen LogP contribution in [0.4, 0.5) is 23.3 Å². The van der Waals surface area contributed by atoms with Crippen molar-refractivity contribution in [3.63, 3.8) is 0 Å². The molecule has 1 heterocycles. The number of anilines is 4. The summed E-state index contributed by atoms with van der Waals surface area (Å²) in [7, 11) is 0. The molecule has 2 aromatic rings. The summed E-state index contributed by atoms with van der Waals surface area (Å²) in [6.45, 7) is 0. The monoisotopic (exact) mass is 216 g/mol. The molecular weight excluding hydrogens is 204 g/mol. The number of para-hydroxylation sites is 1. The first-order valence-corrected chi connectivity index (χ1v) is 4.71. The maximum atomic E-state index is 5.60. The molecule has 82 valence electrons. The zero-order valence-corrected chi connectivity index (χ0v) is 8.51. The first-order chi connectivity index (χ1) is 7.78. The van der Waals surface area contributed by atoms with E-state index in [1.165, 1.54) is 0 Å². The molecule has 0 spiro atoms. The number of nitrogen functional groups attached to an aromatic ring is 2. The molecule has 0 radical (unpaired) electrons. The number of rotatable bonds is 3. The van der Waals surface area contributed by atoms with E-state index in [0.29, 0.717) is 17.6 Å². The highest BCUT2D eigenvalue weighted by Crippen LogP contribution is 2.15. The van der Waals surface area contributed by atoms with Crippen LogP contribution in [-0.2, 0) is 0 Å². The Kier molecular flexibility index (Phi) is 2.84. The van der Waals surface area contributed by atoms with Gasteiger partial charge in [-0.15, -0.1) is 0 Å². The molecule has 0 saturated carbocycles. The van der Waals surface area contributed by atoms with Crippen LogP contribution < -0.4 is 22.3 Å². The zero-order valence-electron chi connectivity index (χ0n) is 8.51. The summed E-state index contributed by atoms with van der Waals surface area (Å²) in [4.78, 5) is 8.15. The molecule has 6 heteroatoms. The summed E-state index contributed by atoms with van der Waals surface area (Å²) >= 11 is 0. The minimum Gasteiger partial charge on any atom is -0.383 e. The molecule has 0 aliphatic rings. The number of hydrazine groups is 1. The van der Waals surface area contributed by atoms with Crippen molar-refractivity contribution in [1.82, 2.24) is 9.97 Å². The predicted octanol–water partition coefficient (Wildman–Crippen LogP) is 1.09. The van der Waals surface area contributed by atoms with Gasteiger partial charge in [0.15, 0.2) is 0 Å². The number of hydrogen-bond donors (Lipinski definition) is 4. The molecule has 0 amide bonds. The largest absolute Gasteiger partial charge is 0.383 e. The van der Waals surface area contributed by atoms with E-state index in [9.17, 15) is 0 Å². The minimum absolute atomic E-state index is 0.349. The second-order valence-electron chi connectivity index (χ2n) is 3.14. The fraction of sp³-hybridized carbons (Fsp3) is 0. The van der Waals surface area contributed by atoms with Crippen LogP contribution in [0, 0.1) is 0 Å². The van der Waals surface area contributed by atoms with Gasteiger partial charge in [-0.3, -0.25) is 0 Å². The lowest BCUT2D eigenvalue weighted by atomic mass is 10.3. The fourth-order valence-corrected chi connectivity index (χ4v) is 1.25. The third-order valence-corrected chi connectivity index (χ3v) is 1.92. The predicted molar refractivity (Wildman–Crippen MR) is 64.0 cm³/mol. The van der Waals surface area contributed by atoms with Crippen LogP contribution in [-0.4, -0.2) is 9.97 Å². The van der Waals surface area contributed by atoms with Gasteiger partial charge < -0.3 is 16.5 Å². The van der Waals surface area contributed by atoms with E-state index in [-0.39, 0.29) is 0 Å². The summed E-state index contributed by atoms with van der Waals surface area (Å²) in [5.41, 5.74) is 8.91. The molecule has 16 heavy (non-hydrogen) atoms. The highest BCUT2D eigenvalue weighted by atomic mass is 15.3. The summed E-state index contributed by atoms with van der Waals surface area (Å²) in [5, 5.41) is 3.02. The number of benzene rings is 1. The van der Waals surface area contributed by atoms with Crippen LogP contribution in [0.2, 0.25) is 0 Å². The molecule has 0 fully saturated rings. The molecule has 0 saturated heterocycles. The van der Waals surface area contributed by atoms with Gasteiger partial charge in [-0.25, -0.2) is 5.84 Å². The zero-order chi connectivity index (χ0) is 11.4. The van der Waals surface area contributed by atoms with Crippen molar-refractivity contribution in [1.29, 1.82) is 0 Å². The van der Waals surface area contributed by atoms with Crippen molar-refractivity contribution in [2.45, 2.75) is 0 Å². The van der Waals surface area contributed by atoms with E-state index in [2.05, 4.69) is 20.7 Å². The lowest BCUT2D eigenvalue weighted by Crippen LogP contribution is -2.11. The van der Waals surface area contributed by atoms with Crippen LogP contribution in [0.5, 0.6) is 0 Å². The second kappa shape index (κ2) is 4.45. The van der Waals surface area contributed by atoms with Crippen molar-refractivity contribution < 1.29 is 0 Å². The van der Waals surface area contributed by atoms with Gasteiger partial charge in [-0.05, 0) is 12.1 Å². The van der Waals surface area contributed by atoms with Gasteiger partial charge in [-0.2, -0.15) is 9.97 Å². The normalized spacial score (nSPS) is 9.81. The van der Waals surface area contributed by atoms with E-state index in [0.717, 1.165) is 5.69 Å². The first-order valence-electron chi connectivity index (χ1n) is 4.71. The molecule has 0 bridgehead atoms. The van der Waals surface area contributed by atoms with E-state index in [4.69, 9.17) is 11.6 Å². The van der Waals surface area contributed by atoms with Crippen LogP contribution >= 0.6 is 0 Å². The van der Waals surface area contributed by atoms with Gasteiger partial charge in [-0.1, -0.05) is 18.2 Å². The number of nitrogens with two attached hydrogens (primary N) is 2. The van der Waals surface area contributed by atoms with Crippen molar-refractivity contribution in [2.24, 2.45) is 5.84 Å². The number of hydrogen-bond acceptors (Lipinski definition) is 6. The van der Waals surface area contributed by atoms with E-state index in [1.54, 1.807) is 6.07 Å². The molecule has 0 aliphatic carbocycles. The number of nitrogens with one attached hydrogen (secondary N) is 2. The smallest absolute Gasteiger partial charge is 0.231 e. The van der Waals surface area contributed by atoms with Gasteiger partial charge in [0.25, 0.3) is 0 Å². The first kappa shape index (κ1) is 10.2. The third-order valence-electron chi connectivity index (χ3n) is 1.92. The Bertz CT molecular complexity index is 470. The van der Waals surface area contributed by atoms with Gasteiger partial charge in [0, 0.05) is 11.8 Å². The average molecular weight is 216 g/mol. The Morgan fingerprint density at radius 2 is 1.81 bits per heavy atom. The Morgan fingerprint density at radius 3 is 2.50 bits per heavy atom. The maximum Gasteiger partial charge on any atom is 0.231 e. The lowest BCUT2D eigenvalue weighted by molar-refractivity contribution is 1.15. The Balaban J connectivity index is 2.24. The second-order valence-corrected chi connectivity index (χ2v) is 3.14. The number of aromatic nitrogens is 2. The highest BCUT2D eigenvalue weighted by Gasteiger charge is 2.01. The summed E-state index contributed by atoms with van der Waals surface area (Å²) < 4.78 is 0. The van der Waals surface area contributed by atoms with Gasteiger partial charge in [0.1, 0.15) is 11.6 Å². The van der Waals surface area contributed by atoms with Crippen molar-refractivity contribution in [2.75, 3.05) is 16.5 Å². The van der Waals surface area contributed by atoms with Crippen LogP contribution in [0.25, 0.3) is 0 Å². The fourth-order valence-electron chi connectivity index (χ4n) is 1.25. The molecule has 0 unspecified atom stereocenters. The highest BCUT2D eigenvalue weighted by molar-refractivity contribution is 5.57. The maximum absolute atomic E-state index is 5.60. The van der Waals surface area contributed by atoms with Crippen molar-refractivity contribution in [3.8, 4) is 0 Å². The molecule has 0 atom stereocenters. The van der Waals surface area contributed by atoms with E-state index < -0.39 is 0 Å². The van der Waals surface area contributed by atoms with Gasteiger partial charge >= 0.3 is 0 Å². The lowest BCUT2D eigenvalue weighted by Gasteiger charge is -2.07. The van der Waals surface area contributed by atoms with E-state index in [1.807, 2.05) is 30.3 Å². The average Bonchev–Trinajstić information content (AvgIpc) is 2.29. The molecule has 0 aliphatic heterocycles. The Labute approximate surface area is 92.7 Å². The van der Waals surface area contributed by atoms with E-state index >= 15 is 0 Å². The summed E-state index contributed by atoms with van der Waals surface area (Å²) in [6, 6.07) is 11.1. The number of nitrogens with zero attached hydrogens (tertiary/aromatic N) is 2. The molecular formula is C10H12N6. The van der Waals surface area contributed by atoms with Crippen LogP contribution in [0.15, 0.2) is 36.4 Å². The third kappa shape index (κ3) is 2.37. The Morgan fingerprint density at radius 1 is 1.06 bits per heavy atom. The van der Waals surface area contributed by atoms with Gasteiger partial charge in [0.05, 0.1) is 0 Å². The minimum atomic E-state index is 0.349. The topological polar surface area (TPSA) is 102 Å². The van der Waals surface area contributed by atoms with Crippen LogP contribution in [0.3, 0.4) is 0 Å². The molecule has 1 aromatic carbocycles. The summed E-state index contributed by atoms with van der Waals surface area (Å²) in [5.74, 6) is 6.47. The molecule has 6 nitrogen and oxygen atoms in total. The molecule has 6 N–H and O–H groups in total. The standard InChI is InChI=1S/C10H12N6/c11-8-6-9(16-12)15-10(14-8)13-7-4-2-1-3-5-7/h1-6H,12H2,(H4,11,13,14,15,16). The Hall–Kier alpha value is -2.34. The van der Waals surface area contributed by atoms with Crippen molar-refractivity contribution in [3.05, 3.63) is 36.4 Å². The molecule has 1 aromatic heterocycles. The van der Waals surface area contributed by atoms with Crippen molar-refractivity contribution >= 4 is 23.3 Å². The quantitative estimate of drug-likeness (QED) is 0.452. The van der Waals surface area contributed by atoms with Crippen LogP contribution in [0.1, 0.15) is 0 Å². The summed E-state index contributed by atoms with van der Waals surface area (Å²) in [6.07, 6.45) is 0. The molecule has 2 rings (SSSR count).